The quantitative estimate of drug-likeness (QED) is 0.445. The number of aromatic nitrogens is 1. The van der Waals surface area contributed by atoms with E-state index in [1.807, 2.05) is 37.3 Å². The van der Waals surface area contributed by atoms with Gasteiger partial charge in [-0.05, 0) is 60.2 Å². The van der Waals surface area contributed by atoms with Crippen molar-refractivity contribution in [2.45, 2.75) is 13.5 Å². The molecule has 0 saturated carbocycles. The van der Waals surface area contributed by atoms with Gasteiger partial charge in [-0.15, -0.1) is 0 Å². The number of methoxy groups -OCH3 is 1. The lowest BCUT2D eigenvalue weighted by molar-refractivity contribution is -0.114. The minimum Gasteiger partial charge on any atom is -0.493 e. The number of hydrogen-bond acceptors (Lipinski definition) is 7. The molecule has 5 rings (SSSR count). The van der Waals surface area contributed by atoms with Crippen molar-refractivity contribution in [3.8, 4) is 11.5 Å². The molecule has 2 aliphatic rings. The number of hydrogen-bond donors (Lipinski definition) is 1. The van der Waals surface area contributed by atoms with Crippen molar-refractivity contribution < 1.29 is 14.3 Å². The third-order valence-corrected chi connectivity index (χ3v) is 6.67. The first-order chi connectivity index (χ1) is 17.4. The number of nitrogens with zero attached hydrogens (tertiary/aromatic N) is 4. The zero-order valence-corrected chi connectivity index (χ0v) is 20.9. The average molecular weight is 518 g/mol. The Morgan fingerprint density at radius 1 is 1.19 bits per heavy atom. The van der Waals surface area contributed by atoms with E-state index >= 15 is 0 Å². The van der Waals surface area contributed by atoms with Crippen LogP contribution in [0.25, 0.3) is 6.08 Å². The number of amidine groups is 2. The molecule has 2 aromatic carbocycles. The predicted octanol–water partition coefficient (Wildman–Crippen LogP) is 5.30. The summed E-state index contributed by atoms with van der Waals surface area (Å²) in [7, 11) is 1.52. The van der Waals surface area contributed by atoms with E-state index in [0.29, 0.717) is 38.9 Å². The number of amides is 1. The van der Waals surface area contributed by atoms with Crippen molar-refractivity contribution in [3.63, 3.8) is 0 Å². The number of fused-ring (bicyclic) bond motifs is 1. The molecule has 180 valence electrons. The molecular weight excluding hydrogens is 498 g/mol. The van der Waals surface area contributed by atoms with Gasteiger partial charge in [0.15, 0.2) is 17.3 Å². The van der Waals surface area contributed by atoms with Crippen molar-refractivity contribution in [3.05, 3.63) is 93.8 Å². The van der Waals surface area contributed by atoms with Gasteiger partial charge in [0.05, 0.1) is 17.7 Å². The molecule has 0 unspecified atom stereocenters. The lowest BCUT2D eigenvalue weighted by Crippen LogP contribution is -2.35. The fourth-order valence-electron chi connectivity index (χ4n) is 3.57. The lowest BCUT2D eigenvalue weighted by atomic mass is 10.1. The molecule has 36 heavy (non-hydrogen) atoms. The van der Waals surface area contributed by atoms with Gasteiger partial charge in [-0.3, -0.25) is 15.2 Å². The molecule has 0 fully saturated rings. The van der Waals surface area contributed by atoms with E-state index in [9.17, 15) is 4.79 Å². The molecule has 1 N–H and O–H groups in total. The summed E-state index contributed by atoms with van der Waals surface area (Å²) in [5, 5.41) is 15.7. The Morgan fingerprint density at radius 2 is 2.00 bits per heavy atom. The first-order valence-electron chi connectivity index (χ1n) is 10.9. The van der Waals surface area contributed by atoms with Crippen LogP contribution in [-0.4, -0.2) is 39.1 Å². The van der Waals surface area contributed by atoms with Gasteiger partial charge in [-0.1, -0.05) is 41.4 Å². The minimum absolute atomic E-state index is 0.0776. The lowest BCUT2D eigenvalue weighted by Gasteiger charge is -2.20. The van der Waals surface area contributed by atoms with Crippen molar-refractivity contribution in [2.24, 2.45) is 10.1 Å². The van der Waals surface area contributed by atoms with Crippen molar-refractivity contribution in [2.75, 3.05) is 7.11 Å². The molecule has 1 aromatic heterocycles. The molecule has 1 amide bonds. The molecule has 0 atom stereocenters. The van der Waals surface area contributed by atoms with Crippen LogP contribution < -0.4 is 9.47 Å². The zero-order valence-electron chi connectivity index (χ0n) is 19.4. The third kappa shape index (κ3) is 4.75. The SMILES string of the molecule is COc1cc(/C=C2/C(=N)N3N=C(c4cccnc4)SC3=NC2=O)cc(Cl)c1OCc1ccc(C)cc1. The van der Waals surface area contributed by atoms with Crippen LogP contribution in [0.2, 0.25) is 5.02 Å². The highest BCUT2D eigenvalue weighted by atomic mass is 35.5. The largest absolute Gasteiger partial charge is 0.493 e. The smallest absolute Gasteiger partial charge is 0.283 e. The predicted molar refractivity (Wildman–Crippen MR) is 142 cm³/mol. The summed E-state index contributed by atoms with van der Waals surface area (Å²) in [5.74, 6) is 0.199. The van der Waals surface area contributed by atoms with E-state index in [0.717, 1.165) is 16.7 Å². The highest BCUT2D eigenvalue weighted by Crippen LogP contribution is 2.38. The molecular formula is C26H20ClN5O3S. The highest BCUT2D eigenvalue weighted by Gasteiger charge is 2.36. The van der Waals surface area contributed by atoms with E-state index in [1.54, 1.807) is 36.7 Å². The number of rotatable bonds is 6. The van der Waals surface area contributed by atoms with Crippen LogP contribution in [0.5, 0.6) is 11.5 Å². The normalized spacial score (nSPS) is 16.1. The number of carbonyl (C=O) groups is 1. The second-order valence-electron chi connectivity index (χ2n) is 7.98. The topological polar surface area (TPSA) is 100 Å². The number of hydrazone groups is 1. The second-order valence-corrected chi connectivity index (χ2v) is 9.34. The second kappa shape index (κ2) is 9.96. The molecule has 10 heteroatoms. The fraction of sp³-hybridized carbons (Fsp3) is 0.115. The van der Waals surface area contributed by atoms with E-state index in [4.69, 9.17) is 26.5 Å². The number of ether oxygens (including phenoxy) is 2. The molecule has 3 aromatic rings. The number of carbonyl (C=O) groups excluding carboxylic acids is 1. The highest BCUT2D eigenvalue weighted by molar-refractivity contribution is 8.27. The summed E-state index contributed by atoms with van der Waals surface area (Å²) in [4.78, 5) is 21.0. The molecule has 0 spiro atoms. The van der Waals surface area contributed by atoms with Crippen molar-refractivity contribution in [1.82, 2.24) is 9.99 Å². The Balaban J connectivity index is 1.41. The minimum atomic E-state index is -0.531. The van der Waals surface area contributed by atoms with Crippen LogP contribution >= 0.6 is 23.4 Å². The number of benzene rings is 2. The summed E-state index contributed by atoms with van der Waals surface area (Å²) in [6.07, 6.45) is 4.88. The molecule has 8 nitrogen and oxygen atoms in total. The molecule has 0 saturated heterocycles. The maximum atomic E-state index is 12.8. The van der Waals surface area contributed by atoms with E-state index < -0.39 is 5.91 Å². The number of nitrogens with one attached hydrogen (secondary N) is 1. The molecule has 2 aliphatic heterocycles. The molecule has 3 heterocycles. The van der Waals surface area contributed by atoms with Gasteiger partial charge in [0.1, 0.15) is 11.7 Å². The van der Waals surface area contributed by atoms with Gasteiger partial charge in [0.2, 0.25) is 5.17 Å². The molecule has 0 bridgehead atoms. The first kappa shape index (κ1) is 23.8. The Bertz CT molecular complexity index is 1450. The summed E-state index contributed by atoms with van der Waals surface area (Å²) in [6.45, 7) is 2.34. The van der Waals surface area contributed by atoms with Crippen LogP contribution in [-0.2, 0) is 11.4 Å². The maximum absolute atomic E-state index is 12.8. The fourth-order valence-corrected chi connectivity index (χ4v) is 4.72. The van der Waals surface area contributed by atoms with Crippen LogP contribution in [0.4, 0.5) is 0 Å². The van der Waals surface area contributed by atoms with Gasteiger partial charge in [-0.25, -0.2) is 0 Å². The summed E-state index contributed by atoms with van der Waals surface area (Å²) in [6, 6.07) is 15.0. The monoisotopic (exact) mass is 517 g/mol. The molecule has 0 aliphatic carbocycles. The van der Waals surface area contributed by atoms with Crippen molar-refractivity contribution in [1.29, 1.82) is 5.41 Å². The molecule has 0 radical (unpaired) electrons. The van der Waals surface area contributed by atoms with Gasteiger partial charge >= 0.3 is 0 Å². The van der Waals surface area contributed by atoms with Crippen molar-refractivity contribution >= 4 is 51.4 Å². The van der Waals surface area contributed by atoms with Crippen LogP contribution in [0.3, 0.4) is 0 Å². The average Bonchev–Trinajstić information content (AvgIpc) is 3.31. The number of halogens is 1. The summed E-state index contributed by atoms with van der Waals surface area (Å²) >= 11 is 7.75. The Hall–Kier alpha value is -3.95. The van der Waals surface area contributed by atoms with Gasteiger partial charge in [0.25, 0.3) is 5.91 Å². The van der Waals surface area contributed by atoms with Gasteiger partial charge < -0.3 is 9.47 Å². The number of thioether (sulfide) groups is 1. The Labute approximate surface area is 216 Å². The number of aliphatic imine (C=N–C) groups is 1. The van der Waals surface area contributed by atoms with Gasteiger partial charge in [-0.2, -0.15) is 15.1 Å². The third-order valence-electron chi connectivity index (χ3n) is 5.43. The van der Waals surface area contributed by atoms with E-state index in [2.05, 4.69) is 15.1 Å². The summed E-state index contributed by atoms with van der Waals surface area (Å²) < 4.78 is 11.4. The zero-order chi connectivity index (χ0) is 25.2. The van der Waals surface area contributed by atoms with Crippen LogP contribution in [0.1, 0.15) is 22.3 Å². The standard InChI is InChI=1S/C26H20ClN5O3S/c1-15-5-7-16(8-6-15)14-35-22-20(27)11-17(12-21(22)34-2)10-19-23(28)32-26(30-24(19)33)36-25(31-32)18-4-3-9-29-13-18/h3-13,28H,14H2,1-2H3/b19-10-,28-23?. The Kier molecular flexibility index (Phi) is 6.58. The van der Waals surface area contributed by atoms with E-state index in [-0.39, 0.29) is 11.4 Å². The number of aryl methyl sites for hydroxylation is 1. The maximum Gasteiger partial charge on any atom is 0.283 e. The van der Waals surface area contributed by atoms with Crippen LogP contribution in [0.15, 0.2) is 76.6 Å². The Morgan fingerprint density at radius 3 is 2.72 bits per heavy atom. The summed E-state index contributed by atoms with van der Waals surface area (Å²) in [5.41, 5.74) is 3.59. The first-order valence-corrected chi connectivity index (χ1v) is 12.1. The van der Waals surface area contributed by atoms with Crippen LogP contribution in [0, 0.1) is 12.3 Å². The van der Waals surface area contributed by atoms with E-state index in [1.165, 1.54) is 23.9 Å². The van der Waals surface area contributed by atoms with Gasteiger partial charge in [0, 0.05) is 18.0 Å². The number of pyridine rings is 1.